The van der Waals surface area contributed by atoms with Crippen molar-refractivity contribution < 1.29 is 18.7 Å². The number of carbonyl (C=O) groups is 1. The second kappa shape index (κ2) is 6.52. The number of carboxylic acids is 1. The summed E-state index contributed by atoms with van der Waals surface area (Å²) in [6.07, 6.45) is -0.256. The Kier molecular flexibility index (Phi) is 4.74. The molecular weight excluding hydrogens is 282 g/mol. The molecule has 0 aliphatic rings. The zero-order chi connectivity index (χ0) is 14.5. The molecule has 5 heteroatoms. The van der Waals surface area contributed by atoms with E-state index in [1.54, 1.807) is 24.3 Å². The third-order valence-corrected chi connectivity index (χ3v) is 3.75. The Labute approximate surface area is 119 Å². The molecule has 2 aromatic carbocycles. The highest BCUT2D eigenvalue weighted by atomic mass is 32.2. The quantitative estimate of drug-likeness (QED) is 0.839. The summed E-state index contributed by atoms with van der Waals surface area (Å²) in [6.45, 7) is 0. The van der Waals surface area contributed by atoms with E-state index in [1.165, 1.54) is 24.3 Å². The van der Waals surface area contributed by atoms with Crippen LogP contribution in [-0.2, 0) is 11.2 Å². The molecule has 104 valence electrons. The van der Waals surface area contributed by atoms with Crippen molar-refractivity contribution in [2.75, 3.05) is 0 Å². The minimum atomic E-state index is -1.51. The number of aliphatic carboxylic acids is 1. The van der Waals surface area contributed by atoms with Gasteiger partial charge in [0.25, 0.3) is 0 Å². The molecule has 2 nitrogen and oxygen atoms in total. The van der Waals surface area contributed by atoms with Crippen LogP contribution in [0.5, 0.6) is 0 Å². The second-order valence-corrected chi connectivity index (χ2v) is 5.22. The molecule has 0 radical (unpaired) electrons. The fourth-order valence-electron chi connectivity index (χ4n) is 1.79. The molecule has 0 fully saturated rings. The van der Waals surface area contributed by atoms with E-state index >= 15 is 0 Å². The molecule has 0 amide bonds. The highest BCUT2D eigenvalue weighted by Gasteiger charge is 2.18. The molecule has 2 rings (SSSR count). The molecule has 1 atom stereocenters. The molecule has 20 heavy (non-hydrogen) atoms. The van der Waals surface area contributed by atoms with E-state index in [2.05, 4.69) is 0 Å². The minimum Gasteiger partial charge on any atom is -0.481 e. The lowest BCUT2D eigenvalue weighted by atomic mass is 10.1. The van der Waals surface area contributed by atoms with Gasteiger partial charge in [0.15, 0.2) is 5.50 Å². The molecule has 0 spiro atoms. The van der Waals surface area contributed by atoms with Crippen molar-refractivity contribution in [2.24, 2.45) is 0 Å². The van der Waals surface area contributed by atoms with E-state index in [4.69, 9.17) is 5.11 Å². The maximum Gasteiger partial charge on any atom is 0.307 e. The zero-order valence-electron chi connectivity index (χ0n) is 10.4. The van der Waals surface area contributed by atoms with Crippen molar-refractivity contribution in [3.63, 3.8) is 0 Å². The third-order valence-electron chi connectivity index (χ3n) is 2.71. The molecule has 0 heterocycles. The van der Waals surface area contributed by atoms with Crippen molar-refractivity contribution in [1.29, 1.82) is 0 Å². The van der Waals surface area contributed by atoms with Crippen LogP contribution in [0.4, 0.5) is 8.78 Å². The Morgan fingerprint density at radius 1 is 1.15 bits per heavy atom. The minimum absolute atomic E-state index is 0.199. The molecule has 0 aliphatic heterocycles. The fourth-order valence-corrected chi connectivity index (χ4v) is 2.71. The Morgan fingerprint density at radius 2 is 1.80 bits per heavy atom. The largest absolute Gasteiger partial charge is 0.481 e. The van der Waals surface area contributed by atoms with Gasteiger partial charge in [0.05, 0.1) is 6.42 Å². The lowest BCUT2D eigenvalue weighted by Crippen LogP contribution is -2.04. The summed E-state index contributed by atoms with van der Waals surface area (Å²) in [5.74, 6) is -1.52. The average molecular weight is 294 g/mol. The summed E-state index contributed by atoms with van der Waals surface area (Å²) in [5, 5.41) is 8.82. The first kappa shape index (κ1) is 14.5. The highest BCUT2D eigenvalue weighted by molar-refractivity contribution is 7.99. The maximum absolute atomic E-state index is 14.3. The van der Waals surface area contributed by atoms with E-state index < -0.39 is 17.3 Å². The zero-order valence-corrected chi connectivity index (χ0v) is 11.2. The van der Waals surface area contributed by atoms with Gasteiger partial charge in [-0.3, -0.25) is 4.79 Å². The SMILES string of the molecule is O=C(O)Cc1ccccc1C(F)Sc1ccccc1F. The van der Waals surface area contributed by atoms with Crippen molar-refractivity contribution >= 4 is 17.7 Å². The van der Waals surface area contributed by atoms with E-state index in [-0.39, 0.29) is 16.9 Å². The molecule has 0 aliphatic carbocycles. The Bertz CT molecular complexity index is 616. The lowest BCUT2D eigenvalue weighted by molar-refractivity contribution is -0.136. The van der Waals surface area contributed by atoms with Crippen molar-refractivity contribution in [2.45, 2.75) is 16.8 Å². The number of carboxylic acid groups (broad SMARTS) is 1. The number of thioether (sulfide) groups is 1. The van der Waals surface area contributed by atoms with Gasteiger partial charge in [-0.2, -0.15) is 0 Å². The van der Waals surface area contributed by atoms with Crippen molar-refractivity contribution in [1.82, 2.24) is 0 Å². The predicted molar refractivity (Wildman–Crippen MR) is 73.9 cm³/mol. The lowest BCUT2D eigenvalue weighted by Gasteiger charge is -2.12. The smallest absolute Gasteiger partial charge is 0.307 e. The van der Waals surface area contributed by atoms with Gasteiger partial charge >= 0.3 is 5.97 Å². The van der Waals surface area contributed by atoms with Gasteiger partial charge in [-0.1, -0.05) is 48.2 Å². The van der Waals surface area contributed by atoms with Crippen LogP contribution >= 0.6 is 11.8 Å². The molecule has 0 saturated heterocycles. The summed E-state index contributed by atoms with van der Waals surface area (Å²) < 4.78 is 27.8. The number of alkyl halides is 1. The predicted octanol–water partition coefficient (Wildman–Crippen LogP) is 4.21. The van der Waals surface area contributed by atoms with Crippen LogP contribution in [0.15, 0.2) is 53.4 Å². The second-order valence-electron chi connectivity index (χ2n) is 4.13. The fraction of sp³-hybridized carbons (Fsp3) is 0.133. The molecule has 0 bridgehead atoms. The average Bonchev–Trinajstić information content (AvgIpc) is 2.41. The van der Waals surface area contributed by atoms with E-state index in [0.29, 0.717) is 5.56 Å². The summed E-state index contributed by atoms with van der Waals surface area (Å²) in [5.41, 5.74) is -0.845. The topological polar surface area (TPSA) is 37.3 Å². The van der Waals surface area contributed by atoms with Gasteiger partial charge in [0.1, 0.15) is 5.82 Å². The molecule has 0 aromatic heterocycles. The molecule has 1 N–H and O–H groups in total. The van der Waals surface area contributed by atoms with Gasteiger partial charge in [-0.25, -0.2) is 8.78 Å². The molecule has 0 saturated carbocycles. The maximum atomic E-state index is 14.3. The number of halogens is 2. The highest BCUT2D eigenvalue weighted by Crippen LogP contribution is 2.38. The Hall–Kier alpha value is -1.88. The van der Waals surface area contributed by atoms with E-state index in [1.807, 2.05) is 0 Å². The standard InChI is InChI=1S/C15H12F2O2S/c16-12-7-3-4-8-13(12)20-15(17)11-6-2-1-5-10(11)9-14(18)19/h1-8,15H,9H2,(H,18,19). The number of hydrogen-bond acceptors (Lipinski definition) is 2. The van der Waals surface area contributed by atoms with Gasteiger partial charge in [-0.05, 0) is 17.7 Å². The Morgan fingerprint density at radius 3 is 2.50 bits per heavy atom. The van der Waals surface area contributed by atoms with Crippen LogP contribution < -0.4 is 0 Å². The monoisotopic (exact) mass is 294 g/mol. The van der Waals surface area contributed by atoms with Gasteiger partial charge < -0.3 is 5.11 Å². The van der Waals surface area contributed by atoms with Crippen molar-refractivity contribution in [3.05, 3.63) is 65.5 Å². The third kappa shape index (κ3) is 3.57. The Balaban J connectivity index is 2.23. The summed E-state index contributed by atoms with van der Waals surface area (Å²) in [4.78, 5) is 11.0. The number of rotatable bonds is 5. The van der Waals surface area contributed by atoms with E-state index in [0.717, 1.165) is 11.8 Å². The number of hydrogen-bond donors (Lipinski definition) is 1. The van der Waals surface area contributed by atoms with Gasteiger partial charge in [-0.15, -0.1) is 0 Å². The first-order valence-electron chi connectivity index (χ1n) is 5.93. The van der Waals surface area contributed by atoms with Crippen LogP contribution in [0, 0.1) is 5.82 Å². The van der Waals surface area contributed by atoms with Gasteiger partial charge in [0, 0.05) is 10.5 Å². The number of benzene rings is 2. The van der Waals surface area contributed by atoms with Crippen LogP contribution in [0.1, 0.15) is 16.6 Å². The molecular formula is C15H12F2O2S. The van der Waals surface area contributed by atoms with Gasteiger partial charge in [0.2, 0.25) is 0 Å². The first-order chi connectivity index (χ1) is 9.58. The molecule has 2 aromatic rings. The summed E-state index contributed by atoms with van der Waals surface area (Å²) in [6, 6.07) is 12.3. The van der Waals surface area contributed by atoms with Crippen molar-refractivity contribution in [3.8, 4) is 0 Å². The summed E-state index contributed by atoms with van der Waals surface area (Å²) >= 11 is 0.730. The van der Waals surface area contributed by atoms with Crippen LogP contribution in [0.2, 0.25) is 0 Å². The van der Waals surface area contributed by atoms with Crippen LogP contribution in [0.3, 0.4) is 0 Å². The van der Waals surface area contributed by atoms with Crippen LogP contribution in [-0.4, -0.2) is 11.1 Å². The van der Waals surface area contributed by atoms with E-state index in [9.17, 15) is 13.6 Å². The van der Waals surface area contributed by atoms with Crippen LogP contribution in [0.25, 0.3) is 0 Å². The first-order valence-corrected chi connectivity index (χ1v) is 6.80. The summed E-state index contributed by atoms with van der Waals surface area (Å²) in [7, 11) is 0. The molecule has 1 unspecified atom stereocenters. The normalized spacial score (nSPS) is 12.1.